The van der Waals surface area contributed by atoms with Gasteiger partial charge in [0.05, 0.1) is 11.5 Å². The van der Waals surface area contributed by atoms with Crippen molar-refractivity contribution in [2.24, 2.45) is 12.0 Å². The van der Waals surface area contributed by atoms with Gasteiger partial charge >= 0.3 is 0 Å². The third kappa shape index (κ3) is 5.22. The molecule has 9 heteroatoms. The first-order valence-corrected chi connectivity index (χ1v) is 8.91. The van der Waals surface area contributed by atoms with Crippen LogP contribution in [0.15, 0.2) is 46.0 Å². The number of aliphatic imine (C=N–C) groups is 1. The van der Waals surface area contributed by atoms with Crippen molar-refractivity contribution in [2.75, 3.05) is 32.5 Å². The number of hydrogen-bond donors (Lipinski definition) is 2. The summed E-state index contributed by atoms with van der Waals surface area (Å²) in [6, 6.07) is 8.68. The van der Waals surface area contributed by atoms with Crippen LogP contribution < -0.4 is 10.6 Å². The topological polar surface area (TPSA) is 87.7 Å². The molecule has 0 aliphatic rings. The lowest BCUT2D eigenvalue weighted by Crippen LogP contribution is -2.40. The molecule has 0 radical (unpaired) electrons. The van der Waals surface area contributed by atoms with E-state index in [1.165, 1.54) is 6.07 Å². The molecule has 1 heterocycles. The molecule has 0 saturated heterocycles. The average molecular weight is 423 g/mol. The van der Waals surface area contributed by atoms with Crippen molar-refractivity contribution in [3.05, 3.63) is 56.8 Å². The maximum Gasteiger partial charge on any atom is 0.292 e. The van der Waals surface area contributed by atoms with Gasteiger partial charge in [0.15, 0.2) is 5.96 Å². The highest BCUT2D eigenvalue weighted by Gasteiger charge is 2.12. The summed E-state index contributed by atoms with van der Waals surface area (Å²) in [6.45, 7) is 1.83. The van der Waals surface area contributed by atoms with E-state index in [9.17, 15) is 10.1 Å². The van der Waals surface area contributed by atoms with Gasteiger partial charge in [-0.25, -0.2) is 0 Å². The van der Waals surface area contributed by atoms with E-state index in [0.717, 1.165) is 16.1 Å². The van der Waals surface area contributed by atoms with Gasteiger partial charge in [-0.1, -0.05) is 12.1 Å². The van der Waals surface area contributed by atoms with Crippen LogP contribution in [0.25, 0.3) is 0 Å². The number of anilines is 1. The van der Waals surface area contributed by atoms with Crippen molar-refractivity contribution in [2.45, 2.75) is 6.54 Å². The van der Waals surface area contributed by atoms with Gasteiger partial charge in [0.2, 0.25) is 0 Å². The highest BCUT2D eigenvalue weighted by Crippen LogP contribution is 2.22. The van der Waals surface area contributed by atoms with E-state index in [-0.39, 0.29) is 10.6 Å². The average Bonchev–Trinajstić information content (AvgIpc) is 2.92. The molecular formula is C17H23BrN6O2. The highest BCUT2D eigenvalue weighted by molar-refractivity contribution is 9.10. The first-order chi connectivity index (χ1) is 12.4. The number of para-hydroxylation sites is 2. The molecule has 1 aromatic carbocycles. The molecule has 1 aromatic heterocycles. The molecule has 2 rings (SSSR count). The van der Waals surface area contributed by atoms with E-state index in [1.807, 2.05) is 25.2 Å². The lowest BCUT2D eigenvalue weighted by Gasteiger charge is -2.22. The maximum atomic E-state index is 11.0. The number of hydrogen-bond acceptors (Lipinski definition) is 4. The molecular weight excluding hydrogens is 400 g/mol. The molecule has 8 nitrogen and oxygen atoms in total. The summed E-state index contributed by atoms with van der Waals surface area (Å²) in [6.07, 6.45) is 2.01. The third-order valence-electron chi connectivity index (χ3n) is 3.87. The van der Waals surface area contributed by atoms with Crippen LogP contribution in [0, 0.1) is 10.1 Å². The zero-order chi connectivity index (χ0) is 19.1. The van der Waals surface area contributed by atoms with Crippen LogP contribution >= 0.6 is 15.9 Å². The Labute approximate surface area is 161 Å². The molecule has 0 aliphatic heterocycles. The number of benzene rings is 1. The molecule has 2 N–H and O–H groups in total. The van der Waals surface area contributed by atoms with Crippen LogP contribution in [-0.4, -0.2) is 47.5 Å². The molecule has 140 valence electrons. The lowest BCUT2D eigenvalue weighted by atomic mass is 10.2. The molecule has 0 atom stereocenters. The molecule has 26 heavy (non-hydrogen) atoms. The summed E-state index contributed by atoms with van der Waals surface area (Å²) < 4.78 is 3.10. The molecule has 0 aliphatic carbocycles. The number of nitrogens with zero attached hydrogens (tertiary/aromatic N) is 4. The number of aromatic nitrogens is 1. The molecule has 0 spiro atoms. The van der Waals surface area contributed by atoms with Gasteiger partial charge in [-0.05, 0) is 28.1 Å². The Morgan fingerprint density at radius 3 is 2.73 bits per heavy atom. The van der Waals surface area contributed by atoms with E-state index in [4.69, 9.17) is 0 Å². The predicted octanol–water partition coefficient (Wildman–Crippen LogP) is 2.82. The Kier molecular flexibility index (Phi) is 7.02. The smallest absolute Gasteiger partial charge is 0.292 e. The van der Waals surface area contributed by atoms with E-state index in [2.05, 4.69) is 42.2 Å². The Balaban J connectivity index is 1.85. The van der Waals surface area contributed by atoms with Gasteiger partial charge < -0.3 is 20.1 Å². The van der Waals surface area contributed by atoms with Crippen LogP contribution in [-0.2, 0) is 13.6 Å². The summed E-state index contributed by atoms with van der Waals surface area (Å²) >= 11 is 3.47. The summed E-state index contributed by atoms with van der Waals surface area (Å²) in [4.78, 5) is 16.9. The number of nitrogens with one attached hydrogen (secondary N) is 2. The van der Waals surface area contributed by atoms with Crippen molar-refractivity contribution in [1.29, 1.82) is 0 Å². The van der Waals surface area contributed by atoms with E-state index in [1.54, 1.807) is 25.2 Å². The summed E-state index contributed by atoms with van der Waals surface area (Å²) in [7, 11) is 5.70. The summed E-state index contributed by atoms with van der Waals surface area (Å²) in [5.74, 6) is 0.756. The predicted molar refractivity (Wildman–Crippen MR) is 108 cm³/mol. The molecule has 2 aromatic rings. The van der Waals surface area contributed by atoms with Crippen molar-refractivity contribution in [1.82, 2.24) is 14.8 Å². The third-order valence-corrected chi connectivity index (χ3v) is 4.31. The van der Waals surface area contributed by atoms with E-state index < -0.39 is 0 Å². The normalized spacial score (nSPS) is 11.3. The van der Waals surface area contributed by atoms with Crippen molar-refractivity contribution >= 4 is 33.3 Å². The quantitative estimate of drug-likeness (QED) is 0.235. The first kappa shape index (κ1) is 19.8. The monoisotopic (exact) mass is 422 g/mol. The highest BCUT2D eigenvalue weighted by atomic mass is 79.9. The van der Waals surface area contributed by atoms with Crippen LogP contribution in [0.1, 0.15) is 5.69 Å². The van der Waals surface area contributed by atoms with Crippen LogP contribution in [0.3, 0.4) is 0 Å². The number of aryl methyl sites for hydroxylation is 1. The van der Waals surface area contributed by atoms with Gasteiger partial charge in [0.25, 0.3) is 5.69 Å². The second kappa shape index (κ2) is 9.23. The standard InChI is InChI=1S/C17H23BrN6O2/c1-19-17(23(3)12-14-10-13(18)11-22(14)2)21-9-8-20-15-6-4-5-7-16(15)24(25)26/h4-7,10-11,20H,8-9,12H2,1-3H3,(H,19,21). The SMILES string of the molecule is CN=C(NCCNc1ccccc1[N+](=O)[O-])N(C)Cc1cc(Br)cn1C. The van der Waals surface area contributed by atoms with Gasteiger partial charge in [0, 0.05) is 56.7 Å². The van der Waals surface area contributed by atoms with Crippen LogP contribution in [0.4, 0.5) is 11.4 Å². The van der Waals surface area contributed by atoms with Gasteiger partial charge in [-0.15, -0.1) is 0 Å². The fraction of sp³-hybridized carbons (Fsp3) is 0.353. The summed E-state index contributed by atoms with van der Waals surface area (Å²) in [5.41, 5.74) is 1.74. The zero-order valence-corrected chi connectivity index (χ0v) is 16.7. The second-order valence-corrected chi connectivity index (χ2v) is 6.71. The minimum atomic E-state index is -0.388. The molecule has 0 bridgehead atoms. The largest absolute Gasteiger partial charge is 0.378 e. The maximum absolute atomic E-state index is 11.0. The van der Waals surface area contributed by atoms with Gasteiger partial charge in [-0.2, -0.15) is 0 Å². The van der Waals surface area contributed by atoms with E-state index in [0.29, 0.717) is 25.3 Å². The number of nitro benzene ring substituents is 1. The number of guanidine groups is 1. The molecule has 0 amide bonds. The Bertz CT molecular complexity index is 789. The van der Waals surface area contributed by atoms with E-state index >= 15 is 0 Å². The molecule has 0 fully saturated rings. The minimum Gasteiger partial charge on any atom is -0.378 e. The van der Waals surface area contributed by atoms with Gasteiger partial charge in [0.1, 0.15) is 5.69 Å². The summed E-state index contributed by atoms with van der Waals surface area (Å²) in [5, 5.41) is 17.4. The first-order valence-electron chi connectivity index (χ1n) is 8.12. The van der Waals surface area contributed by atoms with Gasteiger partial charge in [-0.3, -0.25) is 15.1 Å². The van der Waals surface area contributed by atoms with Crippen LogP contribution in [0.2, 0.25) is 0 Å². The number of nitro groups is 1. The zero-order valence-electron chi connectivity index (χ0n) is 15.1. The Morgan fingerprint density at radius 2 is 2.12 bits per heavy atom. The Morgan fingerprint density at radius 1 is 1.38 bits per heavy atom. The van der Waals surface area contributed by atoms with Crippen molar-refractivity contribution in [3.8, 4) is 0 Å². The molecule has 0 unspecified atom stereocenters. The number of rotatable bonds is 7. The van der Waals surface area contributed by atoms with Crippen LogP contribution in [0.5, 0.6) is 0 Å². The lowest BCUT2D eigenvalue weighted by molar-refractivity contribution is -0.384. The fourth-order valence-corrected chi connectivity index (χ4v) is 3.15. The number of halogens is 1. The van der Waals surface area contributed by atoms with Crippen molar-refractivity contribution < 1.29 is 4.92 Å². The van der Waals surface area contributed by atoms with Crippen molar-refractivity contribution in [3.63, 3.8) is 0 Å². The molecule has 0 saturated carbocycles. The second-order valence-electron chi connectivity index (χ2n) is 5.79. The fourth-order valence-electron chi connectivity index (χ4n) is 2.58. The Hall–Kier alpha value is -2.55. The minimum absolute atomic E-state index is 0.0725.